The first-order chi connectivity index (χ1) is 9.61. The van der Waals surface area contributed by atoms with E-state index in [9.17, 15) is 4.79 Å². The van der Waals surface area contributed by atoms with E-state index in [2.05, 4.69) is 19.1 Å². The van der Waals surface area contributed by atoms with Crippen LogP contribution in [0.15, 0.2) is 54.3 Å². The Hall–Kier alpha value is -1.83. The summed E-state index contributed by atoms with van der Waals surface area (Å²) in [4.78, 5) is 11.7. The first kappa shape index (κ1) is 16.2. The molecule has 1 atom stereocenters. The van der Waals surface area contributed by atoms with Gasteiger partial charge in [-0.2, -0.15) is 0 Å². The standard InChI is InChI=1S/C18H24O2/c1-4-9-15(2)10-8-11-16(3)20-18(19)14-17-12-6-5-7-13-17/h4-7,9,11-13,15H,8,10,14H2,1-3H3/b9-4+,16-11+. The summed E-state index contributed by atoms with van der Waals surface area (Å²) >= 11 is 0. The molecule has 108 valence electrons. The number of carbonyl (C=O) groups excluding carboxylic acids is 1. The second-order valence-corrected chi connectivity index (χ2v) is 5.03. The van der Waals surface area contributed by atoms with Crippen molar-refractivity contribution in [1.82, 2.24) is 0 Å². The summed E-state index contributed by atoms with van der Waals surface area (Å²) in [5.41, 5.74) is 0.979. The fourth-order valence-electron chi connectivity index (χ4n) is 1.99. The highest BCUT2D eigenvalue weighted by molar-refractivity contribution is 5.73. The summed E-state index contributed by atoms with van der Waals surface area (Å²) in [5.74, 6) is 1.05. The molecule has 2 nitrogen and oxygen atoms in total. The van der Waals surface area contributed by atoms with Gasteiger partial charge in [-0.1, -0.05) is 49.4 Å². The molecule has 0 saturated heterocycles. The van der Waals surface area contributed by atoms with E-state index in [1.54, 1.807) is 0 Å². The maximum atomic E-state index is 11.7. The van der Waals surface area contributed by atoms with Crippen molar-refractivity contribution in [2.45, 2.75) is 40.0 Å². The Morgan fingerprint density at radius 3 is 2.65 bits per heavy atom. The number of ether oxygens (including phenoxy) is 1. The summed E-state index contributed by atoms with van der Waals surface area (Å²) in [6.07, 6.45) is 8.56. The highest BCUT2D eigenvalue weighted by Gasteiger charge is 2.05. The monoisotopic (exact) mass is 272 g/mol. The van der Waals surface area contributed by atoms with Crippen LogP contribution in [0.1, 0.15) is 39.2 Å². The van der Waals surface area contributed by atoms with Crippen molar-refractivity contribution < 1.29 is 9.53 Å². The molecule has 0 saturated carbocycles. The average Bonchev–Trinajstić information content (AvgIpc) is 2.39. The van der Waals surface area contributed by atoms with E-state index < -0.39 is 0 Å². The lowest BCUT2D eigenvalue weighted by Gasteiger charge is -2.06. The molecular formula is C18H24O2. The molecule has 0 bridgehead atoms. The molecule has 0 radical (unpaired) electrons. The van der Waals surface area contributed by atoms with Gasteiger partial charge in [0, 0.05) is 0 Å². The molecule has 0 spiro atoms. The molecule has 0 aliphatic rings. The minimum atomic E-state index is -0.202. The normalized spacial score (nSPS) is 13.4. The molecule has 1 aromatic rings. The maximum absolute atomic E-state index is 11.7. The van der Waals surface area contributed by atoms with Gasteiger partial charge >= 0.3 is 5.97 Å². The van der Waals surface area contributed by atoms with Crippen molar-refractivity contribution in [2.24, 2.45) is 5.92 Å². The van der Waals surface area contributed by atoms with Crippen LogP contribution in [-0.2, 0) is 16.0 Å². The minimum absolute atomic E-state index is 0.202. The third-order valence-corrected chi connectivity index (χ3v) is 3.04. The highest BCUT2D eigenvalue weighted by atomic mass is 16.5. The molecule has 0 fully saturated rings. The predicted molar refractivity (Wildman–Crippen MR) is 83.2 cm³/mol. The fraction of sp³-hybridized carbons (Fsp3) is 0.389. The third kappa shape index (κ3) is 6.93. The minimum Gasteiger partial charge on any atom is -0.431 e. The van der Waals surface area contributed by atoms with Crippen molar-refractivity contribution >= 4 is 5.97 Å². The van der Waals surface area contributed by atoms with Crippen LogP contribution >= 0.6 is 0 Å². The molecule has 1 unspecified atom stereocenters. The Bertz CT molecular complexity index is 458. The van der Waals surface area contributed by atoms with Gasteiger partial charge in [0.1, 0.15) is 5.76 Å². The summed E-state index contributed by atoms with van der Waals surface area (Å²) in [6.45, 7) is 6.05. The summed E-state index contributed by atoms with van der Waals surface area (Å²) in [6, 6.07) is 9.64. The van der Waals surface area contributed by atoms with Gasteiger partial charge in [0.25, 0.3) is 0 Å². The molecule has 0 aromatic heterocycles. The van der Waals surface area contributed by atoms with Gasteiger partial charge in [0.15, 0.2) is 0 Å². The number of hydrogen-bond donors (Lipinski definition) is 0. The molecule has 1 rings (SSSR count). The van der Waals surface area contributed by atoms with Crippen molar-refractivity contribution in [1.29, 1.82) is 0 Å². The van der Waals surface area contributed by atoms with Crippen LogP contribution in [-0.4, -0.2) is 5.97 Å². The largest absolute Gasteiger partial charge is 0.431 e. The highest BCUT2D eigenvalue weighted by Crippen LogP contribution is 2.10. The average molecular weight is 272 g/mol. The summed E-state index contributed by atoms with van der Waals surface area (Å²) in [7, 11) is 0. The van der Waals surface area contributed by atoms with E-state index >= 15 is 0 Å². The smallest absolute Gasteiger partial charge is 0.315 e. The molecule has 0 amide bonds. The number of rotatable bonds is 7. The molecule has 2 heteroatoms. The molecule has 0 aliphatic heterocycles. The SMILES string of the molecule is C/C=C/C(C)CC/C=C(\C)OC(=O)Cc1ccccc1. The molecule has 0 N–H and O–H groups in total. The molecule has 20 heavy (non-hydrogen) atoms. The lowest BCUT2D eigenvalue weighted by Crippen LogP contribution is -2.06. The number of benzene rings is 1. The second kappa shape index (κ2) is 9.13. The van der Waals surface area contributed by atoms with E-state index in [4.69, 9.17) is 4.74 Å². The van der Waals surface area contributed by atoms with Gasteiger partial charge in [-0.3, -0.25) is 4.79 Å². The van der Waals surface area contributed by atoms with E-state index in [0.29, 0.717) is 18.1 Å². The van der Waals surface area contributed by atoms with Crippen LogP contribution in [0.3, 0.4) is 0 Å². The molecule has 1 aromatic carbocycles. The lowest BCUT2D eigenvalue weighted by molar-refractivity contribution is -0.138. The zero-order valence-electron chi connectivity index (χ0n) is 12.6. The molecule has 0 heterocycles. The van der Waals surface area contributed by atoms with Crippen molar-refractivity contribution in [2.75, 3.05) is 0 Å². The van der Waals surface area contributed by atoms with Gasteiger partial charge in [-0.25, -0.2) is 0 Å². The third-order valence-electron chi connectivity index (χ3n) is 3.04. The zero-order chi connectivity index (χ0) is 14.8. The predicted octanol–water partition coefficient (Wildman–Crippen LogP) is 4.67. The molecule has 0 aliphatic carbocycles. The Labute approximate surface area is 122 Å². The van der Waals surface area contributed by atoms with E-state index in [-0.39, 0.29) is 5.97 Å². The van der Waals surface area contributed by atoms with E-state index in [1.807, 2.05) is 50.3 Å². The zero-order valence-corrected chi connectivity index (χ0v) is 12.6. The van der Waals surface area contributed by atoms with E-state index in [0.717, 1.165) is 18.4 Å². The van der Waals surface area contributed by atoms with Crippen molar-refractivity contribution in [3.05, 3.63) is 59.9 Å². The van der Waals surface area contributed by atoms with Gasteiger partial charge in [0.05, 0.1) is 6.42 Å². The number of allylic oxidation sites excluding steroid dienone is 4. The Morgan fingerprint density at radius 1 is 1.30 bits per heavy atom. The van der Waals surface area contributed by atoms with Gasteiger partial charge in [-0.15, -0.1) is 0 Å². The molecular weight excluding hydrogens is 248 g/mol. The Kier molecular flexibility index (Phi) is 7.41. The van der Waals surface area contributed by atoms with Crippen LogP contribution in [0.2, 0.25) is 0 Å². The number of hydrogen-bond acceptors (Lipinski definition) is 2. The van der Waals surface area contributed by atoms with Crippen LogP contribution in [0, 0.1) is 5.92 Å². The topological polar surface area (TPSA) is 26.3 Å². The van der Waals surface area contributed by atoms with Crippen molar-refractivity contribution in [3.63, 3.8) is 0 Å². The number of carbonyl (C=O) groups is 1. The Morgan fingerprint density at radius 2 is 2.00 bits per heavy atom. The summed E-state index contributed by atoms with van der Waals surface area (Å²) in [5, 5.41) is 0. The van der Waals surface area contributed by atoms with E-state index in [1.165, 1.54) is 0 Å². The maximum Gasteiger partial charge on any atom is 0.315 e. The van der Waals surface area contributed by atoms with Gasteiger partial charge < -0.3 is 4.74 Å². The van der Waals surface area contributed by atoms with Crippen molar-refractivity contribution in [3.8, 4) is 0 Å². The lowest BCUT2D eigenvalue weighted by atomic mass is 10.1. The van der Waals surface area contributed by atoms with Crippen LogP contribution < -0.4 is 0 Å². The number of esters is 1. The first-order valence-corrected chi connectivity index (χ1v) is 7.16. The van der Waals surface area contributed by atoms with Crippen LogP contribution in [0.25, 0.3) is 0 Å². The first-order valence-electron chi connectivity index (χ1n) is 7.16. The fourth-order valence-corrected chi connectivity index (χ4v) is 1.99. The van der Waals surface area contributed by atoms with Gasteiger partial charge in [0.2, 0.25) is 0 Å². The van der Waals surface area contributed by atoms with Gasteiger partial charge in [-0.05, 0) is 44.2 Å². The van der Waals surface area contributed by atoms with Crippen LogP contribution in [0.4, 0.5) is 0 Å². The summed E-state index contributed by atoms with van der Waals surface area (Å²) < 4.78 is 5.30. The quantitative estimate of drug-likeness (QED) is 0.409. The Balaban J connectivity index is 2.34. The van der Waals surface area contributed by atoms with Crippen LogP contribution in [0.5, 0.6) is 0 Å². The second-order valence-electron chi connectivity index (χ2n) is 5.03.